The van der Waals surface area contributed by atoms with E-state index in [1.807, 2.05) is 48.1 Å². The molecule has 0 saturated heterocycles. The van der Waals surface area contributed by atoms with Gasteiger partial charge in [0.1, 0.15) is 11.4 Å². The summed E-state index contributed by atoms with van der Waals surface area (Å²) in [6.45, 7) is 2.85. The fraction of sp³-hybridized carbons (Fsp3) is 0.250. The van der Waals surface area contributed by atoms with Crippen molar-refractivity contribution in [2.24, 2.45) is 0 Å². The van der Waals surface area contributed by atoms with E-state index in [1.165, 1.54) is 19.3 Å². The topological polar surface area (TPSA) is 106 Å². The number of nitrogens with one attached hydrogen (secondary N) is 2. The van der Waals surface area contributed by atoms with Crippen LogP contribution in [0.1, 0.15) is 79.9 Å². The van der Waals surface area contributed by atoms with Crippen LogP contribution in [0.5, 0.6) is 0 Å². The van der Waals surface area contributed by atoms with Crippen LogP contribution in [0, 0.1) is 0 Å². The number of carbonyl (C=O) groups is 1. The summed E-state index contributed by atoms with van der Waals surface area (Å²) in [4.78, 5) is 20.0. The van der Waals surface area contributed by atoms with Crippen molar-refractivity contribution in [1.29, 1.82) is 0 Å². The molecule has 6 aromatic carbocycles. The lowest BCUT2D eigenvalue weighted by atomic mass is 9.77. The molecule has 2 aromatic heterocycles. The average Bonchev–Trinajstić information content (AvgIpc) is 3.96. The van der Waals surface area contributed by atoms with Crippen LogP contribution in [-0.2, 0) is 18.5 Å². The number of hydrazine groups is 1. The van der Waals surface area contributed by atoms with Crippen LogP contribution in [0.25, 0.3) is 33.5 Å². The molecule has 8 aromatic rings. The normalized spacial score (nSPS) is 13.3. The van der Waals surface area contributed by atoms with Gasteiger partial charge in [-0.05, 0) is 81.3 Å². The van der Waals surface area contributed by atoms with Crippen LogP contribution in [0.3, 0.4) is 0 Å². The fourth-order valence-corrected chi connectivity index (χ4v) is 9.07. The van der Waals surface area contributed by atoms with Gasteiger partial charge in [0.2, 0.25) is 0 Å². The molecular weight excluding hydrogens is 767 g/mol. The highest BCUT2D eigenvalue weighted by Crippen LogP contribution is 2.43. The minimum Gasteiger partial charge on any atom is -0.323 e. The molecule has 2 amide bonds. The third-order valence-electron chi connectivity index (χ3n) is 12.4. The fourth-order valence-electron chi connectivity index (χ4n) is 9.07. The lowest BCUT2D eigenvalue weighted by molar-refractivity contribution is 0.237. The van der Waals surface area contributed by atoms with Crippen molar-refractivity contribution in [3.63, 3.8) is 0 Å². The number of unbranched alkanes of at least 4 members (excludes halogenated alkanes) is 1. The number of carbonyl (C=O) groups excluding carboxylic acids is 1. The minimum atomic E-state index is -0.868. The van der Waals surface area contributed by atoms with E-state index in [1.54, 1.807) is 4.90 Å². The quantitative estimate of drug-likeness (QED) is 0.0836. The van der Waals surface area contributed by atoms with Gasteiger partial charge in [0.05, 0.1) is 11.0 Å². The molecule has 0 radical (unpaired) electrons. The number of rotatable bonds is 14. The molecule has 2 N–H and O–H groups in total. The lowest BCUT2D eigenvalue weighted by Gasteiger charge is -2.36. The Morgan fingerprint density at radius 2 is 1.35 bits per heavy atom. The Morgan fingerprint density at radius 1 is 0.742 bits per heavy atom. The molecule has 0 aliphatic heterocycles. The van der Waals surface area contributed by atoms with Gasteiger partial charge in [-0.25, -0.2) is 19.9 Å². The number of imidazole rings is 1. The van der Waals surface area contributed by atoms with Gasteiger partial charge < -0.3 is 4.57 Å². The number of fused-ring (bicyclic) bond motifs is 1. The number of aryl methyl sites for hydroxylation is 1. The van der Waals surface area contributed by atoms with E-state index in [4.69, 9.17) is 15.3 Å². The summed E-state index contributed by atoms with van der Waals surface area (Å²) in [6.07, 6.45) is 8.82. The number of aromatic nitrogens is 6. The van der Waals surface area contributed by atoms with Gasteiger partial charge in [0, 0.05) is 37.3 Å². The molecule has 9 rings (SSSR count). The molecule has 0 unspecified atom stereocenters. The van der Waals surface area contributed by atoms with Crippen LogP contribution in [0.2, 0.25) is 0 Å². The maximum Gasteiger partial charge on any atom is 0.335 e. The standard InChI is InChI=1S/C52H53N9O/c1-3-4-29-49-53-47-35-34-44(59(2)51(62)56-54-43-25-15-8-16-26-43)36-48(47)60(49)37-38-30-32-39(33-31-38)45-27-17-18-28-46(45)50-55-57-58-61(50)52(40-19-9-5-10-20-40,41-21-11-6-12-22-41)42-23-13-7-14-24-42/h5-7,9-14,17-24,27-28,30-36,43,54H,3-4,8,15-16,25-26,29,37H2,1-2H3,(H,56,62). The van der Waals surface area contributed by atoms with Gasteiger partial charge in [-0.15, -0.1) is 5.10 Å². The Bertz CT molecular complexity index is 2630. The van der Waals surface area contributed by atoms with Gasteiger partial charge in [0.15, 0.2) is 5.82 Å². The van der Waals surface area contributed by atoms with Crippen molar-refractivity contribution in [2.75, 3.05) is 11.9 Å². The molecule has 0 atom stereocenters. The van der Waals surface area contributed by atoms with Crippen molar-refractivity contribution in [3.8, 4) is 22.5 Å². The van der Waals surface area contributed by atoms with Crippen LogP contribution in [0.15, 0.2) is 158 Å². The Morgan fingerprint density at radius 3 is 1.98 bits per heavy atom. The Kier molecular flexibility index (Phi) is 12.0. The highest BCUT2D eigenvalue weighted by atomic mass is 16.2. The molecule has 1 aliphatic carbocycles. The lowest BCUT2D eigenvalue weighted by Crippen LogP contribution is -2.49. The first kappa shape index (κ1) is 40.5. The molecule has 0 bridgehead atoms. The molecule has 1 fully saturated rings. The number of benzene rings is 6. The van der Waals surface area contributed by atoms with E-state index in [-0.39, 0.29) is 6.03 Å². The summed E-state index contributed by atoms with van der Waals surface area (Å²) in [5.74, 6) is 1.70. The van der Waals surface area contributed by atoms with Crippen LogP contribution >= 0.6 is 0 Å². The van der Waals surface area contributed by atoms with Gasteiger partial charge in [-0.2, -0.15) is 0 Å². The van der Waals surface area contributed by atoms with Gasteiger partial charge >= 0.3 is 6.03 Å². The predicted molar refractivity (Wildman–Crippen MR) is 248 cm³/mol. The maximum absolute atomic E-state index is 13.3. The zero-order valence-electron chi connectivity index (χ0n) is 35.5. The summed E-state index contributed by atoms with van der Waals surface area (Å²) in [7, 11) is 1.82. The first-order valence-corrected chi connectivity index (χ1v) is 22.0. The SMILES string of the molecule is CCCCc1nc2ccc(N(C)C(=O)NNC3CCCCC3)cc2n1Cc1ccc(-c2ccccc2-c2nnnn2C(c2ccccc2)(c2ccccc2)c2ccccc2)cc1. The molecular formula is C52H53N9O. The van der Waals surface area contributed by atoms with Crippen molar-refractivity contribution in [3.05, 3.63) is 186 Å². The van der Waals surface area contributed by atoms with E-state index in [0.717, 1.165) is 93.6 Å². The Labute approximate surface area is 363 Å². The summed E-state index contributed by atoms with van der Waals surface area (Å²) in [6, 6.07) is 54.9. The second-order valence-electron chi connectivity index (χ2n) is 16.3. The Hall–Kier alpha value is -6.91. The number of nitrogens with zero attached hydrogens (tertiary/aromatic N) is 7. The van der Waals surface area contributed by atoms with Crippen molar-refractivity contribution in [1.82, 2.24) is 40.6 Å². The Balaban J connectivity index is 1.05. The first-order valence-electron chi connectivity index (χ1n) is 22.0. The second kappa shape index (κ2) is 18.4. The molecule has 10 heteroatoms. The maximum atomic E-state index is 13.3. The average molecular weight is 820 g/mol. The summed E-state index contributed by atoms with van der Waals surface area (Å²) in [5.41, 5.74) is 15.4. The molecule has 2 heterocycles. The number of amides is 2. The molecule has 0 spiro atoms. The zero-order chi connectivity index (χ0) is 42.3. The van der Waals surface area contributed by atoms with E-state index < -0.39 is 5.54 Å². The molecule has 312 valence electrons. The van der Waals surface area contributed by atoms with E-state index >= 15 is 0 Å². The number of urea groups is 1. The van der Waals surface area contributed by atoms with E-state index in [2.05, 4.69) is 149 Å². The smallest absolute Gasteiger partial charge is 0.323 e. The van der Waals surface area contributed by atoms with Gasteiger partial charge in [-0.3, -0.25) is 10.3 Å². The molecule has 62 heavy (non-hydrogen) atoms. The monoisotopic (exact) mass is 819 g/mol. The van der Waals surface area contributed by atoms with Gasteiger partial charge in [0.25, 0.3) is 0 Å². The number of hydrogen-bond donors (Lipinski definition) is 2. The van der Waals surface area contributed by atoms with Crippen molar-refractivity contribution < 1.29 is 4.79 Å². The van der Waals surface area contributed by atoms with Crippen LogP contribution in [-0.4, -0.2) is 48.9 Å². The zero-order valence-corrected chi connectivity index (χ0v) is 35.5. The summed E-state index contributed by atoms with van der Waals surface area (Å²) < 4.78 is 4.30. The number of tetrazole rings is 1. The first-order chi connectivity index (χ1) is 30.5. The minimum absolute atomic E-state index is 0.178. The van der Waals surface area contributed by atoms with Gasteiger partial charge in [-0.1, -0.05) is 172 Å². The molecule has 1 aliphatic rings. The second-order valence-corrected chi connectivity index (χ2v) is 16.3. The van der Waals surface area contributed by atoms with E-state index in [0.29, 0.717) is 18.4 Å². The highest BCUT2D eigenvalue weighted by molar-refractivity contribution is 5.93. The summed E-state index contributed by atoms with van der Waals surface area (Å²) in [5, 5.41) is 13.9. The highest BCUT2D eigenvalue weighted by Gasteiger charge is 2.42. The summed E-state index contributed by atoms with van der Waals surface area (Å²) >= 11 is 0. The predicted octanol–water partition coefficient (Wildman–Crippen LogP) is 10.6. The third-order valence-corrected chi connectivity index (χ3v) is 12.4. The number of hydrogen-bond acceptors (Lipinski definition) is 6. The largest absolute Gasteiger partial charge is 0.335 e. The van der Waals surface area contributed by atoms with Crippen LogP contribution < -0.4 is 15.8 Å². The van der Waals surface area contributed by atoms with Crippen molar-refractivity contribution in [2.45, 2.75) is 76.4 Å². The number of anilines is 1. The van der Waals surface area contributed by atoms with Crippen molar-refractivity contribution >= 4 is 22.8 Å². The van der Waals surface area contributed by atoms with E-state index in [9.17, 15) is 4.79 Å². The molecule has 1 saturated carbocycles. The third kappa shape index (κ3) is 8.01. The van der Waals surface area contributed by atoms with Crippen LogP contribution in [0.4, 0.5) is 10.5 Å². The molecule has 10 nitrogen and oxygen atoms in total.